The third kappa shape index (κ3) is 3.68. The van der Waals surface area contributed by atoms with Crippen molar-refractivity contribution >= 4 is 21.5 Å². The highest BCUT2D eigenvalue weighted by molar-refractivity contribution is 5.98. The molecule has 1 radical (unpaired) electrons. The van der Waals surface area contributed by atoms with E-state index in [2.05, 4.69) is 55.5 Å². The van der Waals surface area contributed by atoms with Crippen LogP contribution in [0.25, 0.3) is 21.5 Å². The topological polar surface area (TPSA) is 0 Å². The van der Waals surface area contributed by atoms with Crippen molar-refractivity contribution in [1.29, 1.82) is 0 Å². The van der Waals surface area contributed by atoms with Gasteiger partial charge in [0.25, 0.3) is 0 Å². The van der Waals surface area contributed by atoms with Crippen LogP contribution in [0.3, 0.4) is 0 Å². The van der Waals surface area contributed by atoms with Gasteiger partial charge in [-0.2, -0.15) is 0 Å². The van der Waals surface area contributed by atoms with Crippen molar-refractivity contribution in [2.45, 2.75) is 51.9 Å². The zero-order valence-electron chi connectivity index (χ0n) is 13.6. The summed E-state index contributed by atoms with van der Waals surface area (Å²) in [5.74, 6) is 0. The lowest BCUT2D eigenvalue weighted by Gasteiger charge is -2.06. The van der Waals surface area contributed by atoms with E-state index in [1.165, 1.54) is 72.1 Å². The van der Waals surface area contributed by atoms with Crippen LogP contribution in [-0.2, 0) is 6.42 Å². The first-order valence-corrected chi connectivity index (χ1v) is 8.69. The third-order valence-corrected chi connectivity index (χ3v) is 4.52. The predicted octanol–water partition coefficient (Wildman–Crippen LogP) is 6.70. The molecular formula is C22H25. The Bertz CT molecular complexity index is 739. The van der Waals surface area contributed by atoms with Gasteiger partial charge in [0.15, 0.2) is 0 Å². The van der Waals surface area contributed by atoms with Gasteiger partial charge in [-0.25, -0.2) is 0 Å². The van der Waals surface area contributed by atoms with Crippen LogP contribution in [0.15, 0.2) is 48.5 Å². The minimum Gasteiger partial charge on any atom is -0.0654 e. The van der Waals surface area contributed by atoms with E-state index < -0.39 is 0 Å². The van der Waals surface area contributed by atoms with Gasteiger partial charge in [0.05, 0.1) is 0 Å². The number of benzene rings is 3. The van der Waals surface area contributed by atoms with E-state index in [1.54, 1.807) is 0 Å². The van der Waals surface area contributed by atoms with Gasteiger partial charge in [0.1, 0.15) is 0 Å². The molecule has 3 aromatic rings. The number of hydrogen-bond donors (Lipinski definition) is 0. The van der Waals surface area contributed by atoms with Crippen LogP contribution in [-0.4, -0.2) is 0 Å². The highest BCUT2D eigenvalue weighted by Gasteiger charge is 2.00. The fourth-order valence-corrected chi connectivity index (χ4v) is 3.19. The van der Waals surface area contributed by atoms with Crippen molar-refractivity contribution in [2.24, 2.45) is 0 Å². The second-order valence-corrected chi connectivity index (χ2v) is 6.32. The first-order chi connectivity index (χ1) is 10.9. The molecule has 0 spiro atoms. The Hall–Kier alpha value is -1.82. The average molecular weight is 289 g/mol. The normalized spacial score (nSPS) is 11.3. The molecule has 0 saturated heterocycles. The van der Waals surface area contributed by atoms with Gasteiger partial charge in [0.2, 0.25) is 0 Å². The Morgan fingerprint density at radius 1 is 0.727 bits per heavy atom. The van der Waals surface area contributed by atoms with E-state index >= 15 is 0 Å². The number of fused-ring (bicyclic) bond motifs is 2. The molecule has 3 rings (SSSR count). The molecule has 0 aliphatic rings. The minimum atomic E-state index is 1.21. The van der Waals surface area contributed by atoms with E-state index in [4.69, 9.17) is 0 Å². The molecule has 3 aromatic carbocycles. The largest absolute Gasteiger partial charge is 0.0654 e. The lowest BCUT2D eigenvalue weighted by Crippen LogP contribution is -1.87. The van der Waals surface area contributed by atoms with Crippen molar-refractivity contribution in [2.75, 3.05) is 0 Å². The summed E-state index contributed by atoms with van der Waals surface area (Å²) in [7, 11) is 0. The summed E-state index contributed by atoms with van der Waals surface area (Å²) < 4.78 is 0. The Kier molecular flexibility index (Phi) is 5.11. The van der Waals surface area contributed by atoms with E-state index in [0.717, 1.165) is 0 Å². The fraction of sp³-hybridized carbons (Fsp3) is 0.364. The summed E-state index contributed by atoms with van der Waals surface area (Å²) in [6, 6.07) is 20.9. The maximum absolute atomic E-state index is 3.16. The molecule has 0 amide bonds. The van der Waals surface area contributed by atoms with Crippen molar-refractivity contribution in [3.05, 3.63) is 60.2 Å². The average Bonchev–Trinajstić information content (AvgIpc) is 2.56. The van der Waals surface area contributed by atoms with Crippen LogP contribution in [0, 0.1) is 6.07 Å². The SMILES string of the molecule is CCCCCCCCc1ccc2cc3c[c]ccc3cc2c1. The summed E-state index contributed by atoms with van der Waals surface area (Å²) in [6.07, 6.45) is 9.41. The second-order valence-electron chi connectivity index (χ2n) is 6.32. The van der Waals surface area contributed by atoms with E-state index in [9.17, 15) is 0 Å². The molecule has 0 fully saturated rings. The summed E-state index contributed by atoms with van der Waals surface area (Å²) in [5, 5.41) is 5.28. The molecule has 0 atom stereocenters. The standard InChI is InChI=1S/C22H25/c1-2-3-4-5-6-7-10-18-13-14-21-16-19-11-8-9-12-20(19)17-22(21)15-18/h9,11-17H,2-7,10H2,1H3. The molecule has 0 heterocycles. The maximum Gasteiger partial charge on any atom is -0.0171 e. The zero-order chi connectivity index (χ0) is 15.2. The van der Waals surface area contributed by atoms with Gasteiger partial charge >= 0.3 is 0 Å². The Balaban J connectivity index is 1.68. The van der Waals surface area contributed by atoms with E-state index in [0.29, 0.717) is 0 Å². The van der Waals surface area contributed by atoms with Crippen LogP contribution >= 0.6 is 0 Å². The van der Waals surface area contributed by atoms with Gasteiger partial charge in [-0.3, -0.25) is 0 Å². The van der Waals surface area contributed by atoms with Crippen LogP contribution in [0.1, 0.15) is 51.0 Å². The smallest absolute Gasteiger partial charge is 0.0171 e. The monoisotopic (exact) mass is 289 g/mol. The van der Waals surface area contributed by atoms with Gasteiger partial charge in [-0.15, -0.1) is 0 Å². The van der Waals surface area contributed by atoms with Crippen molar-refractivity contribution < 1.29 is 0 Å². The maximum atomic E-state index is 3.16. The summed E-state index contributed by atoms with van der Waals surface area (Å²) in [6.45, 7) is 2.27. The van der Waals surface area contributed by atoms with Gasteiger partial charge < -0.3 is 0 Å². The molecular weight excluding hydrogens is 264 g/mol. The van der Waals surface area contributed by atoms with E-state index in [-0.39, 0.29) is 0 Å². The lowest BCUT2D eigenvalue weighted by molar-refractivity contribution is 0.607. The Labute approximate surface area is 134 Å². The van der Waals surface area contributed by atoms with Crippen LogP contribution < -0.4 is 0 Å². The minimum absolute atomic E-state index is 1.21. The van der Waals surface area contributed by atoms with Gasteiger partial charge in [-0.1, -0.05) is 69.4 Å². The predicted molar refractivity (Wildman–Crippen MR) is 97.4 cm³/mol. The molecule has 0 unspecified atom stereocenters. The van der Waals surface area contributed by atoms with Crippen molar-refractivity contribution in [1.82, 2.24) is 0 Å². The molecule has 0 aliphatic carbocycles. The number of unbranched alkanes of at least 4 members (excludes halogenated alkanes) is 5. The van der Waals surface area contributed by atoms with Crippen molar-refractivity contribution in [3.8, 4) is 0 Å². The second kappa shape index (κ2) is 7.45. The number of aryl methyl sites for hydroxylation is 1. The summed E-state index contributed by atoms with van der Waals surface area (Å²) in [5.41, 5.74) is 1.48. The number of rotatable bonds is 7. The molecule has 0 aliphatic heterocycles. The molecule has 0 heteroatoms. The van der Waals surface area contributed by atoms with Gasteiger partial charge in [0, 0.05) is 0 Å². The third-order valence-electron chi connectivity index (χ3n) is 4.52. The highest BCUT2D eigenvalue weighted by Crippen LogP contribution is 2.24. The van der Waals surface area contributed by atoms with Crippen LogP contribution in [0.2, 0.25) is 0 Å². The summed E-state index contributed by atoms with van der Waals surface area (Å²) in [4.78, 5) is 0. The van der Waals surface area contributed by atoms with E-state index in [1.807, 2.05) is 6.07 Å². The highest BCUT2D eigenvalue weighted by atomic mass is 14.0. The summed E-state index contributed by atoms with van der Waals surface area (Å²) >= 11 is 0. The van der Waals surface area contributed by atoms with Crippen molar-refractivity contribution in [3.63, 3.8) is 0 Å². The molecule has 0 bridgehead atoms. The molecule has 0 saturated carbocycles. The molecule has 0 aromatic heterocycles. The fourth-order valence-electron chi connectivity index (χ4n) is 3.19. The van der Waals surface area contributed by atoms with Gasteiger partial charge in [-0.05, 0) is 64.2 Å². The Morgan fingerprint density at radius 3 is 2.41 bits per heavy atom. The quantitative estimate of drug-likeness (QED) is 0.335. The number of hydrogen-bond acceptors (Lipinski definition) is 0. The first-order valence-electron chi connectivity index (χ1n) is 8.69. The van der Waals surface area contributed by atoms with Crippen LogP contribution in [0.5, 0.6) is 0 Å². The molecule has 22 heavy (non-hydrogen) atoms. The first kappa shape index (κ1) is 15.1. The molecule has 0 nitrogen and oxygen atoms in total. The molecule has 113 valence electrons. The Morgan fingerprint density at radius 2 is 1.50 bits per heavy atom. The lowest BCUT2D eigenvalue weighted by atomic mass is 9.99. The zero-order valence-corrected chi connectivity index (χ0v) is 13.6. The molecule has 0 N–H and O–H groups in total. The van der Waals surface area contributed by atoms with Crippen LogP contribution in [0.4, 0.5) is 0 Å².